The standard InChI is InChI=1S/C16H27N3OS/c1-5-11-8-18-14(21-11)10(2)19-9-16(17)12-6-7-20-13(12)15(16,3)4/h8,10,12-13,19H,5-7,9,17H2,1-4H3. The molecule has 21 heavy (non-hydrogen) atoms. The third kappa shape index (κ3) is 2.25. The van der Waals surface area contributed by atoms with Gasteiger partial charge in [-0.15, -0.1) is 11.3 Å². The van der Waals surface area contributed by atoms with E-state index in [0.29, 0.717) is 12.0 Å². The van der Waals surface area contributed by atoms with Crippen molar-refractivity contribution in [2.45, 2.75) is 58.2 Å². The Morgan fingerprint density at radius 1 is 1.57 bits per heavy atom. The van der Waals surface area contributed by atoms with Crippen molar-refractivity contribution in [1.82, 2.24) is 10.3 Å². The second kappa shape index (κ2) is 5.30. The summed E-state index contributed by atoms with van der Waals surface area (Å²) in [6.45, 7) is 10.5. The van der Waals surface area contributed by atoms with E-state index >= 15 is 0 Å². The van der Waals surface area contributed by atoms with Crippen molar-refractivity contribution in [2.24, 2.45) is 17.1 Å². The van der Waals surface area contributed by atoms with Crippen LogP contribution in [0, 0.1) is 11.3 Å². The van der Waals surface area contributed by atoms with E-state index in [2.05, 4.69) is 38.0 Å². The Morgan fingerprint density at radius 3 is 3.00 bits per heavy atom. The third-order valence-electron chi connectivity index (χ3n) is 5.66. The normalized spacial score (nSPS) is 35.3. The van der Waals surface area contributed by atoms with E-state index in [4.69, 9.17) is 10.5 Å². The van der Waals surface area contributed by atoms with Crippen molar-refractivity contribution in [3.63, 3.8) is 0 Å². The lowest BCUT2D eigenvalue weighted by Gasteiger charge is -2.62. The molecule has 0 amide bonds. The zero-order valence-electron chi connectivity index (χ0n) is 13.5. The topological polar surface area (TPSA) is 60.2 Å². The zero-order chi connectivity index (χ0) is 15.3. The number of ether oxygens (including phenoxy) is 1. The first kappa shape index (κ1) is 15.4. The van der Waals surface area contributed by atoms with E-state index in [1.807, 2.05) is 6.20 Å². The van der Waals surface area contributed by atoms with Crippen molar-refractivity contribution in [3.05, 3.63) is 16.1 Å². The lowest BCUT2D eigenvalue weighted by atomic mass is 9.48. The molecule has 3 rings (SSSR count). The fourth-order valence-corrected chi connectivity index (χ4v) is 4.81. The number of aromatic nitrogens is 1. The summed E-state index contributed by atoms with van der Waals surface area (Å²) in [7, 11) is 0. The van der Waals surface area contributed by atoms with Gasteiger partial charge < -0.3 is 15.8 Å². The number of hydrogen-bond donors (Lipinski definition) is 2. The average molecular weight is 309 g/mol. The predicted molar refractivity (Wildman–Crippen MR) is 86.5 cm³/mol. The van der Waals surface area contributed by atoms with Gasteiger partial charge in [0.25, 0.3) is 0 Å². The summed E-state index contributed by atoms with van der Waals surface area (Å²) < 4.78 is 5.85. The molecule has 0 bridgehead atoms. The number of thiazole rings is 1. The van der Waals surface area contributed by atoms with Gasteiger partial charge in [0.1, 0.15) is 5.01 Å². The van der Waals surface area contributed by atoms with Crippen molar-refractivity contribution < 1.29 is 4.74 Å². The summed E-state index contributed by atoms with van der Waals surface area (Å²) in [6, 6.07) is 0.257. The summed E-state index contributed by atoms with van der Waals surface area (Å²) >= 11 is 1.80. The summed E-state index contributed by atoms with van der Waals surface area (Å²) in [5, 5.41) is 4.77. The number of hydrogen-bond acceptors (Lipinski definition) is 5. The molecule has 2 heterocycles. The zero-order valence-corrected chi connectivity index (χ0v) is 14.3. The highest BCUT2D eigenvalue weighted by molar-refractivity contribution is 7.11. The van der Waals surface area contributed by atoms with Crippen LogP contribution in [0.25, 0.3) is 0 Å². The highest BCUT2D eigenvalue weighted by Gasteiger charge is 2.67. The second-order valence-electron chi connectivity index (χ2n) is 7.07. The Morgan fingerprint density at radius 2 is 2.33 bits per heavy atom. The van der Waals surface area contributed by atoms with Crippen LogP contribution in [0.1, 0.15) is 50.0 Å². The summed E-state index contributed by atoms with van der Waals surface area (Å²) in [6.07, 6.45) is 4.48. The van der Waals surface area contributed by atoms with Crippen molar-refractivity contribution in [3.8, 4) is 0 Å². The van der Waals surface area contributed by atoms with Crippen molar-refractivity contribution in [1.29, 1.82) is 0 Å². The van der Waals surface area contributed by atoms with Gasteiger partial charge >= 0.3 is 0 Å². The molecular formula is C16H27N3OS. The number of nitrogens with two attached hydrogens (primary N) is 1. The fraction of sp³-hybridized carbons (Fsp3) is 0.812. The van der Waals surface area contributed by atoms with Gasteiger partial charge in [-0.1, -0.05) is 20.8 Å². The number of aryl methyl sites for hydroxylation is 1. The minimum absolute atomic E-state index is 0.0400. The van der Waals surface area contributed by atoms with Gasteiger partial charge in [0.15, 0.2) is 0 Å². The largest absolute Gasteiger partial charge is 0.377 e. The molecular weight excluding hydrogens is 282 g/mol. The molecule has 1 aliphatic heterocycles. The SMILES string of the molecule is CCc1cnc(C(C)NCC2(N)C3CCOC3C2(C)C)s1. The first-order valence-electron chi connectivity index (χ1n) is 7.98. The summed E-state index contributed by atoms with van der Waals surface area (Å²) in [5.74, 6) is 0.495. The molecule has 0 aromatic carbocycles. The number of fused-ring (bicyclic) bond motifs is 1. The molecule has 1 aromatic rings. The number of nitrogens with one attached hydrogen (secondary N) is 1. The molecule has 1 saturated heterocycles. The molecule has 2 aliphatic rings. The van der Waals surface area contributed by atoms with Gasteiger partial charge in [-0.3, -0.25) is 0 Å². The van der Waals surface area contributed by atoms with Gasteiger partial charge in [-0.2, -0.15) is 0 Å². The van der Waals surface area contributed by atoms with E-state index in [1.165, 1.54) is 4.88 Å². The minimum atomic E-state index is -0.173. The van der Waals surface area contributed by atoms with E-state index in [-0.39, 0.29) is 17.0 Å². The highest BCUT2D eigenvalue weighted by atomic mass is 32.1. The van der Waals surface area contributed by atoms with E-state index in [9.17, 15) is 0 Å². The van der Waals surface area contributed by atoms with Crippen LogP contribution in [-0.4, -0.2) is 29.8 Å². The third-order valence-corrected chi connectivity index (χ3v) is 6.98. The van der Waals surface area contributed by atoms with Crippen LogP contribution >= 0.6 is 11.3 Å². The van der Waals surface area contributed by atoms with Crippen LogP contribution in [0.15, 0.2) is 6.20 Å². The molecule has 2 fully saturated rings. The van der Waals surface area contributed by atoms with Crippen molar-refractivity contribution in [2.75, 3.05) is 13.2 Å². The molecule has 1 saturated carbocycles. The Bertz CT molecular complexity index is 515. The van der Waals surface area contributed by atoms with Gasteiger partial charge in [0, 0.05) is 41.1 Å². The van der Waals surface area contributed by atoms with Crippen LogP contribution in [0.3, 0.4) is 0 Å². The first-order chi connectivity index (χ1) is 9.90. The van der Waals surface area contributed by atoms with Gasteiger partial charge in [0.2, 0.25) is 0 Å². The van der Waals surface area contributed by atoms with E-state index < -0.39 is 0 Å². The average Bonchev–Trinajstić information content (AvgIpc) is 3.11. The lowest BCUT2D eigenvalue weighted by molar-refractivity contribution is -0.154. The highest BCUT2D eigenvalue weighted by Crippen LogP contribution is 2.57. The van der Waals surface area contributed by atoms with Gasteiger partial charge in [-0.25, -0.2) is 4.98 Å². The smallest absolute Gasteiger partial charge is 0.109 e. The summed E-state index contributed by atoms with van der Waals surface area (Å²) in [4.78, 5) is 5.87. The maximum absolute atomic E-state index is 6.76. The Hall–Kier alpha value is -0.490. The fourth-order valence-electron chi connectivity index (χ4n) is 3.93. The molecule has 4 unspecified atom stereocenters. The molecule has 4 nitrogen and oxygen atoms in total. The minimum Gasteiger partial charge on any atom is -0.377 e. The lowest BCUT2D eigenvalue weighted by Crippen LogP contribution is -2.78. The van der Waals surface area contributed by atoms with E-state index in [1.54, 1.807) is 11.3 Å². The Labute approximate surface area is 131 Å². The molecule has 1 aliphatic carbocycles. The number of rotatable bonds is 5. The van der Waals surface area contributed by atoms with Crippen LogP contribution in [0.2, 0.25) is 0 Å². The monoisotopic (exact) mass is 309 g/mol. The molecule has 0 spiro atoms. The molecule has 0 radical (unpaired) electrons. The van der Waals surface area contributed by atoms with Crippen LogP contribution in [0.5, 0.6) is 0 Å². The molecule has 4 atom stereocenters. The second-order valence-corrected chi connectivity index (χ2v) is 8.22. The summed E-state index contributed by atoms with van der Waals surface area (Å²) in [5.41, 5.74) is 6.63. The van der Waals surface area contributed by atoms with Crippen molar-refractivity contribution >= 4 is 11.3 Å². The molecule has 1 aromatic heterocycles. The maximum Gasteiger partial charge on any atom is 0.109 e. The predicted octanol–water partition coefficient (Wildman–Crippen LogP) is 2.50. The van der Waals surface area contributed by atoms with Crippen LogP contribution in [-0.2, 0) is 11.2 Å². The Balaban J connectivity index is 1.64. The van der Waals surface area contributed by atoms with Gasteiger partial charge in [0.05, 0.1) is 12.1 Å². The van der Waals surface area contributed by atoms with Crippen LogP contribution in [0.4, 0.5) is 0 Å². The maximum atomic E-state index is 6.76. The molecule has 5 heteroatoms. The number of nitrogens with zero attached hydrogens (tertiary/aromatic N) is 1. The van der Waals surface area contributed by atoms with Gasteiger partial charge in [-0.05, 0) is 19.8 Å². The van der Waals surface area contributed by atoms with E-state index in [0.717, 1.165) is 31.0 Å². The Kier molecular flexibility index (Phi) is 3.89. The van der Waals surface area contributed by atoms with Crippen LogP contribution < -0.4 is 11.1 Å². The first-order valence-corrected chi connectivity index (χ1v) is 8.80. The molecule has 3 N–H and O–H groups in total. The quantitative estimate of drug-likeness (QED) is 0.877. The molecule has 118 valence electrons.